The Kier molecular flexibility index (Phi) is 4.81. The fourth-order valence-electron chi connectivity index (χ4n) is 3.17. The van der Waals surface area contributed by atoms with Gasteiger partial charge in [-0.3, -0.25) is 4.57 Å². The fraction of sp³-hybridized carbons (Fsp3) is 0.353. The van der Waals surface area contributed by atoms with Crippen molar-refractivity contribution in [3.8, 4) is 0 Å². The second-order valence-electron chi connectivity index (χ2n) is 6.45. The van der Waals surface area contributed by atoms with Crippen LogP contribution in [-0.2, 0) is 11.3 Å². The van der Waals surface area contributed by atoms with Crippen molar-refractivity contribution in [3.63, 3.8) is 0 Å². The van der Waals surface area contributed by atoms with Gasteiger partial charge in [0.2, 0.25) is 5.95 Å². The molecule has 6 N–H and O–H groups in total. The molecule has 1 aliphatic heterocycles. The molecule has 28 heavy (non-hydrogen) atoms. The van der Waals surface area contributed by atoms with Crippen LogP contribution in [0.15, 0.2) is 30.6 Å². The molecule has 0 spiro atoms. The van der Waals surface area contributed by atoms with E-state index in [0.717, 1.165) is 5.56 Å². The fourth-order valence-corrected chi connectivity index (χ4v) is 3.17. The number of halogens is 1. The minimum absolute atomic E-state index is 0.139. The van der Waals surface area contributed by atoms with Crippen LogP contribution in [0, 0.1) is 5.82 Å². The topological polar surface area (TPSA) is 152 Å². The van der Waals surface area contributed by atoms with Gasteiger partial charge in [-0.15, -0.1) is 0 Å². The number of aliphatic hydroxyl groups excluding tert-OH is 3. The van der Waals surface area contributed by atoms with Crippen molar-refractivity contribution in [1.82, 2.24) is 19.5 Å². The van der Waals surface area contributed by atoms with E-state index >= 15 is 0 Å². The van der Waals surface area contributed by atoms with Gasteiger partial charge in [0.15, 0.2) is 23.2 Å². The Morgan fingerprint density at radius 1 is 1.18 bits per heavy atom. The highest BCUT2D eigenvalue weighted by atomic mass is 19.1. The van der Waals surface area contributed by atoms with Crippen molar-refractivity contribution in [3.05, 3.63) is 42.0 Å². The molecule has 0 aliphatic carbocycles. The summed E-state index contributed by atoms with van der Waals surface area (Å²) in [4.78, 5) is 12.5. The number of hydrogen-bond acceptors (Lipinski definition) is 9. The lowest BCUT2D eigenvalue weighted by atomic mass is 10.1. The number of rotatable bonds is 5. The maximum atomic E-state index is 13.1. The Morgan fingerprint density at radius 3 is 2.61 bits per heavy atom. The lowest BCUT2D eigenvalue weighted by molar-refractivity contribution is -0.0501. The summed E-state index contributed by atoms with van der Waals surface area (Å²) in [5.41, 5.74) is 7.27. The second kappa shape index (κ2) is 7.28. The Balaban J connectivity index is 1.72. The van der Waals surface area contributed by atoms with Crippen molar-refractivity contribution in [2.75, 3.05) is 17.7 Å². The molecule has 0 saturated carbocycles. The normalized spacial score (nSPS) is 24.7. The van der Waals surface area contributed by atoms with E-state index in [1.54, 1.807) is 12.1 Å². The number of fused-ring (bicyclic) bond motifs is 1. The summed E-state index contributed by atoms with van der Waals surface area (Å²) in [6, 6.07) is 5.93. The Hall–Kier alpha value is -2.86. The maximum Gasteiger partial charge on any atom is 0.207 e. The van der Waals surface area contributed by atoms with E-state index < -0.39 is 31.1 Å². The van der Waals surface area contributed by atoms with Crippen molar-refractivity contribution in [2.24, 2.45) is 0 Å². The highest BCUT2D eigenvalue weighted by Crippen LogP contribution is 2.35. The van der Waals surface area contributed by atoms with Crippen LogP contribution in [0.25, 0.3) is 11.2 Å². The third-order valence-corrected chi connectivity index (χ3v) is 4.64. The van der Waals surface area contributed by atoms with Crippen LogP contribution in [0.1, 0.15) is 11.8 Å². The van der Waals surface area contributed by atoms with Gasteiger partial charge in [-0.2, -0.15) is 0 Å². The van der Waals surface area contributed by atoms with Crippen molar-refractivity contribution >= 4 is 22.9 Å². The smallest absolute Gasteiger partial charge is 0.207 e. The first-order chi connectivity index (χ1) is 13.5. The summed E-state index contributed by atoms with van der Waals surface area (Å²) >= 11 is 0. The maximum absolute atomic E-state index is 13.1. The van der Waals surface area contributed by atoms with E-state index in [0.29, 0.717) is 17.7 Å². The van der Waals surface area contributed by atoms with Crippen LogP contribution in [0.3, 0.4) is 0 Å². The third-order valence-electron chi connectivity index (χ3n) is 4.64. The standard InChI is InChI=1S/C17H19FN6O4/c18-9-3-1-8(2-4-9)5-20-17-23-11-14(19)21-7-22-15(11)24(17)16-13(27)12(26)10(6-25)28-16/h1-4,7,10,12-13,16,25-27H,5-6H2,(H,20,23)(H2,19,21,22). The zero-order valence-corrected chi connectivity index (χ0v) is 14.6. The number of nitrogens with zero attached hydrogens (tertiary/aromatic N) is 4. The number of aliphatic hydroxyl groups is 3. The van der Waals surface area contributed by atoms with Gasteiger partial charge in [0.1, 0.15) is 30.5 Å². The average Bonchev–Trinajstić information content (AvgIpc) is 3.20. The molecule has 4 rings (SSSR count). The highest BCUT2D eigenvalue weighted by molar-refractivity contribution is 5.84. The molecule has 0 amide bonds. The van der Waals surface area contributed by atoms with Gasteiger partial charge in [0, 0.05) is 6.54 Å². The monoisotopic (exact) mass is 390 g/mol. The first-order valence-corrected chi connectivity index (χ1v) is 8.58. The van der Waals surface area contributed by atoms with Crippen LogP contribution >= 0.6 is 0 Å². The number of anilines is 2. The largest absolute Gasteiger partial charge is 0.394 e. The SMILES string of the molecule is Nc1ncnc2c1nc(NCc1ccc(F)cc1)n2C1OC(CO)C(O)C1O. The van der Waals surface area contributed by atoms with Crippen LogP contribution in [-0.4, -0.2) is 59.8 Å². The van der Waals surface area contributed by atoms with Crippen LogP contribution in [0.5, 0.6) is 0 Å². The van der Waals surface area contributed by atoms with Gasteiger partial charge in [-0.25, -0.2) is 19.3 Å². The molecule has 1 aromatic carbocycles. The first kappa shape index (κ1) is 18.5. The van der Waals surface area contributed by atoms with Crippen LogP contribution < -0.4 is 11.1 Å². The van der Waals surface area contributed by atoms with Gasteiger partial charge >= 0.3 is 0 Å². The lowest BCUT2D eigenvalue weighted by Crippen LogP contribution is -2.33. The summed E-state index contributed by atoms with van der Waals surface area (Å²) in [7, 11) is 0. The molecular formula is C17H19FN6O4. The molecule has 10 nitrogen and oxygen atoms in total. The zero-order valence-electron chi connectivity index (χ0n) is 14.6. The second-order valence-corrected chi connectivity index (χ2v) is 6.45. The van der Waals surface area contributed by atoms with Gasteiger partial charge in [0.05, 0.1) is 6.61 Å². The van der Waals surface area contributed by atoms with Crippen LogP contribution in [0.2, 0.25) is 0 Å². The number of benzene rings is 1. The molecule has 3 aromatic rings. The molecule has 0 bridgehead atoms. The van der Waals surface area contributed by atoms with Crippen molar-refractivity contribution in [2.45, 2.75) is 31.1 Å². The van der Waals surface area contributed by atoms with Crippen molar-refractivity contribution in [1.29, 1.82) is 0 Å². The summed E-state index contributed by atoms with van der Waals surface area (Å²) < 4.78 is 20.2. The highest BCUT2D eigenvalue weighted by Gasteiger charge is 2.45. The van der Waals surface area contributed by atoms with Crippen molar-refractivity contribution < 1.29 is 24.4 Å². The molecule has 1 aliphatic rings. The number of hydrogen-bond donors (Lipinski definition) is 5. The minimum atomic E-state index is -1.32. The molecule has 1 saturated heterocycles. The van der Waals surface area contributed by atoms with E-state index in [-0.39, 0.29) is 17.6 Å². The molecule has 2 aromatic heterocycles. The minimum Gasteiger partial charge on any atom is -0.394 e. The summed E-state index contributed by atoms with van der Waals surface area (Å²) in [5.74, 6) is 0.0623. The number of nitrogens with two attached hydrogens (primary N) is 1. The molecule has 0 radical (unpaired) electrons. The van der Waals surface area contributed by atoms with Gasteiger partial charge in [0.25, 0.3) is 0 Å². The summed E-state index contributed by atoms with van der Waals surface area (Å²) in [6.07, 6.45) is -3.36. The number of nitrogens with one attached hydrogen (secondary N) is 1. The number of imidazole rings is 1. The van der Waals surface area contributed by atoms with E-state index in [9.17, 15) is 19.7 Å². The van der Waals surface area contributed by atoms with Gasteiger partial charge in [-0.1, -0.05) is 12.1 Å². The van der Waals surface area contributed by atoms with Gasteiger partial charge < -0.3 is 31.1 Å². The predicted molar refractivity (Wildman–Crippen MR) is 96.5 cm³/mol. The molecular weight excluding hydrogens is 371 g/mol. The average molecular weight is 390 g/mol. The van der Waals surface area contributed by atoms with E-state index in [1.807, 2.05) is 0 Å². The predicted octanol–water partition coefficient (Wildman–Crippen LogP) is -0.229. The Bertz CT molecular complexity index is 982. The van der Waals surface area contributed by atoms with Gasteiger partial charge in [-0.05, 0) is 17.7 Å². The number of nitrogen functional groups attached to an aromatic ring is 1. The third kappa shape index (κ3) is 3.14. The van der Waals surface area contributed by atoms with Crippen LogP contribution in [0.4, 0.5) is 16.2 Å². The Morgan fingerprint density at radius 2 is 1.93 bits per heavy atom. The van der Waals surface area contributed by atoms with E-state index in [2.05, 4.69) is 20.3 Å². The molecule has 4 unspecified atom stereocenters. The number of aromatic nitrogens is 4. The molecule has 11 heteroatoms. The van der Waals surface area contributed by atoms with E-state index in [4.69, 9.17) is 10.5 Å². The summed E-state index contributed by atoms with van der Waals surface area (Å²) in [5, 5.41) is 33.0. The zero-order chi connectivity index (χ0) is 19.8. The molecule has 4 atom stereocenters. The van der Waals surface area contributed by atoms with E-state index in [1.165, 1.54) is 23.0 Å². The molecule has 148 valence electrons. The molecule has 1 fully saturated rings. The molecule has 3 heterocycles. The summed E-state index contributed by atoms with van der Waals surface area (Å²) in [6.45, 7) is -0.164. The quantitative estimate of drug-likeness (QED) is 0.398. The Labute approximate surface area is 158 Å². The first-order valence-electron chi connectivity index (χ1n) is 8.58. The number of ether oxygens (including phenoxy) is 1. The lowest BCUT2D eigenvalue weighted by Gasteiger charge is -2.19.